The fourth-order valence-electron chi connectivity index (χ4n) is 2.71. The highest BCUT2D eigenvalue weighted by atomic mass is 16.6. The molecule has 1 heterocycles. The molecule has 0 aliphatic heterocycles. The Morgan fingerprint density at radius 3 is 2.39 bits per heavy atom. The first-order valence-electron chi connectivity index (χ1n) is 8.47. The number of amides is 2. The van der Waals surface area contributed by atoms with Crippen LogP contribution >= 0.6 is 0 Å². The van der Waals surface area contributed by atoms with E-state index in [0.29, 0.717) is 0 Å². The van der Waals surface area contributed by atoms with E-state index >= 15 is 0 Å². The summed E-state index contributed by atoms with van der Waals surface area (Å²) in [6, 6.07) is 6.81. The van der Waals surface area contributed by atoms with E-state index in [2.05, 4.69) is 15.3 Å². The molecule has 156 valence electrons. The molecule has 0 bridgehead atoms. The molecule has 3 aromatic rings. The quantitative estimate of drug-likeness (QED) is 0.317. The molecule has 13 nitrogen and oxygen atoms in total. The van der Waals surface area contributed by atoms with Crippen molar-refractivity contribution in [3.8, 4) is 0 Å². The van der Waals surface area contributed by atoms with Gasteiger partial charge < -0.3 is 11.1 Å². The summed E-state index contributed by atoms with van der Waals surface area (Å²) in [5, 5.41) is 24.6. The van der Waals surface area contributed by atoms with Gasteiger partial charge in [0.2, 0.25) is 0 Å². The number of para-hydroxylation sites is 1. The van der Waals surface area contributed by atoms with Crippen molar-refractivity contribution >= 4 is 40.0 Å². The van der Waals surface area contributed by atoms with Gasteiger partial charge in [0.15, 0.2) is 0 Å². The second kappa shape index (κ2) is 8.28. The second-order valence-electron chi connectivity index (χ2n) is 6.14. The molecule has 1 atom stereocenters. The molecule has 0 unspecified atom stereocenters. The van der Waals surface area contributed by atoms with Crippen molar-refractivity contribution < 1.29 is 24.2 Å². The maximum Gasteiger partial charge on any atom is 0.322 e. The largest absolute Gasteiger partial charge is 0.366 e. The van der Waals surface area contributed by atoms with Crippen molar-refractivity contribution in [1.29, 1.82) is 0 Å². The fourth-order valence-corrected chi connectivity index (χ4v) is 2.71. The van der Waals surface area contributed by atoms with Crippen molar-refractivity contribution in [2.45, 2.75) is 6.04 Å². The van der Waals surface area contributed by atoms with Gasteiger partial charge in [-0.15, -0.1) is 0 Å². The number of non-ortho nitro benzene ring substituents is 1. The highest BCUT2D eigenvalue weighted by molar-refractivity contribution is 6.42. The zero-order valence-corrected chi connectivity index (χ0v) is 15.4. The number of nitrogens with two attached hydrogens (primary N) is 1. The summed E-state index contributed by atoms with van der Waals surface area (Å²) in [5.74, 6) is -3.74. The first-order chi connectivity index (χ1) is 14.7. The third kappa shape index (κ3) is 4.29. The van der Waals surface area contributed by atoms with E-state index in [4.69, 9.17) is 5.73 Å². The number of hydrogen-bond donors (Lipinski definition) is 2. The number of rotatable bonds is 7. The second-order valence-corrected chi connectivity index (χ2v) is 6.14. The van der Waals surface area contributed by atoms with Crippen molar-refractivity contribution in [1.82, 2.24) is 9.97 Å². The Kier molecular flexibility index (Phi) is 5.59. The van der Waals surface area contributed by atoms with Gasteiger partial charge in [0, 0.05) is 17.1 Å². The smallest absolute Gasteiger partial charge is 0.322 e. The summed E-state index contributed by atoms with van der Waals surface area (Å²) in [5.41, 5.74) is 4.32. The summed E-state index contributed by atoms with van der Waals surface area (Å²) in [7, 11) is 0. The van der Waals surface area contributed by atoms with Crippen LogP contribution in [0.25, 0.3) is 11.0 Å². The van der Waals surface area contributed by atoms with Gasteiger partial charge >= 0.3 is 6.04 Å². The van der Waals surface area contributed by atoms with Crippen molar-refractivity contribution in [2.75, 3.05) is 5.32 Å². The van der Waals surface area contributed by atoms with E-state index < -0.39 is 39.2 Å². The Hall–Kier alpha value is -4.81. The molecule has 0 radical (unpaired) electrons. The van der Waals surface area contributed by atoms with Gasteiger partial charge in [-0.2, -0.15) is 0 Å². The van der Waals surface area contributed by atoms with Crippen LogP contribution in [0.15, 0.2) is 48.7 Å². The van der Waals surface area contributed by atoms with Crippen molar-refractivity contribution in [3.05, 3.63) is 80.1 Å². The van der Waals surface area contributed by atoms with E-state index in [9.17, 15) is 34.6 Å². The lowest BCUT2D eigenvalue weighted by Crippen LogP contribution is -2.33. The van der Waals surface area contributed by atoms with E-state index in [-0.39, 0.29) is 28.0 Å². The van der Waals surface area contributed by atoms with Gasteiger partial charge in [-0.05, 0) is 18.2 Å². The van der Waals surface area contributed by atoms with Crippen LogP contribution < -0.4 is 11.1 Å². The third-order valence-electron chi connectivity index (χ3n) is 4.16. The number of hydrogen-bond acceptors (Lipinski definition) is 9. The number of primary amides is 1. The van der Waals surface area contributed by atoms with Crippen molar-refractivity contribution in [2.24, 2.45) is 5.73 Å². The molecule has 0 saturated carbocycles. The normalized spacial score (nSPS) is 11.5. The number of Topliss-reactive ketones (excluding diaryl/α,β-unsaturated/α-hetero) is 1. The van der Waals surface area contributed by atoms with Crippen LogP contribution in [-0.2, 0) is 9.59 Å². The van der Waals surface area contributed by atoms with Crippen LogP contribution in [0, 0.1) is 20.2 Å². The minimum atomic E-state index is -2.23. The fraction of sp³-hybridized carbons (Fsp3) is 0.0556. The van der Waals surface area contributed by atoms with Gasteiger partial charge in [0.1, 0.15) is 5.69 Å². The number of nitro benzene ring substituents is 1. The topological polar surface area (TPSA) is 201 Å². The molecule has 0 aliphatic carbocycles. The molecule has 13 heteroatoms. The Labute approximate surface area is 172 Å². The van der Waals surface area contributed by atoms with Gasteiger partial charge in [0.05, 0.1) is 33.4 Å². The Balaban J connectivity index is 1.95. The van der Waals surface area contributed by atoms with Crippen LogP contribution in [0.5, 0.6) is 0 Å². The van der Waals surface area contributed by atoms with Gasteiger partial charge in [-0.25, -0.2) is 4.98 Å². The number of fused-ring (bicyclic) bond motifs is 1. The number of benzene rings is 2. The van der Waals surface area contributed by atoms with Crippen LogP contribution in [0.1, 0.15) is 22.1 Å². The average Bonchev–Trinajstić information content (AvgIpc) is 2.73. The number of nitro groups is 2. The number of nitrogens with zero attached hydrogens (tertiary/aromatic N) is 4. The molecule has 3 rings (SSSR count). The monoisotopic (exact) mass is 424 g/mol. The lowest BCUT2D eigenvalue weighted by Gasteiger charge is -2.11. The van der Waals surface area contributed by atoms with E-state index in [0.717, 1.165) is 12.3 Å². The Morgan fingerprint density at radius 2 is 1.74 bits per heavy atom. The summed E-state index contributed by atoms with van der Waals surface area (Å²) >= 11 is 0. The standard InChI is InChI=1S/C18H12N6O7/c19-17(26)10-3-1-2-4-11(10)22-18(27)16(25)15(24(30)31)14-8-20-12-6-5-9(23(28)29)7-13(12)21-14/h1-8,15H,(H2,19,26)(H,22,27)/t15-/m0/s1. The molecule has 0 saturated heterocycles. The molecule has 0 spiro atoms. The first kappa shape index (κ1) is 20.9. The maximum absolute atomic E-state index is 12.5. The zero-order valence-electron chi connectivity index (χ0n) is 15.4. The van der Waals surface area contributed by atoms with Crippen LogP contribution in [-0.4, -0.2) is 37.4 Å². The molecule has 1 aromatic heterocycles. The minimum absolute atomic E-state index is 0.0640. The average molecular weight is 424 g/mol. The Morgan fingerprint density at radius 1 is 1.03 bits per heavy atom. The minimum Gasteiger partial charge on any atom is -0.366 e. The predicted octanol–water partition coefficient (Wildman–Crippen LogP) is 1.16. The molecule has 2 amide bonds. The van der Waals surface area contributed by atoms with Crippen LogP contribution in [0.4, 0.5) is 11.4 Å². The third-order valence-corrected chi connectivity index (χ3v) is 4.16. The van der Waals surface area contributed by atoms with Crippen LogP contribution in [0.2, 0.25) is 0 Å². The number of carbonyl (C=O) groups is 3. The van der Waals surface area contributed by atoms with E-state index in [1.165, 1.54) is 36.4 Å². The summed E-state index contributed by atoms with van der Waals surface area (Å²) in [6.07, 6.45) is 0.935. The number of nitrogens with one attached hydrogen (secondary N) is 1. The van der Waals surface area contributed by atoms with E-state index in [1.54, 1.807) is 0 Å². The molecule has 0 aliphatic rings. The number of anilines is 1. The molecule has 0 fully saturated rings. The molecule has 2 aromatic carbocycles. The van der Waals surface area contributed by atoms with Gasteiger partial charge in [-0.3, -0.25) is 39.6 Å². The SMILES string of the molecule is NC(=O)c1ccccc1NC(=O)C(=O)[C@H](c1cnc2ccc([N+](=O)[O-])cc2n1)[N+](=O)[O-]. The first-order valence-corrected chi connectivity index (χ1v) is 8.47. The van der Waals surface area contributed by atoms with Crippen LogP contribution in [0.3, 0.4) is 0 Å². The molecular weight excluding hydrogens is 412 g/mol. The lowest BCUT2D eigenvalue weighted by atomic mass is 10.1. The number of carbonyl (C=O) groups excluding carboxylic acids is 3. The summed E-state index contributed by atoms with van der Waals surface area (Å²) in [4.78, 5) is 64.9. The predicted molar refractivity (Wildman–Crippen MR) is 105 cm³/mol. The Bertz CT molecular complexity index is 1260. The highest BCUT2D eigenvalue weighted by Crippen LogP contribution is 2.22. The molecular formula is C18H12N6O7. The van der Waals surface area contributed by atoms with Gasteiger partial charge in [-0.1, -0.05) is 12.1 Å². The molecule has 31 heavy (non-hydrogen) atoms. The number of aromatic nitrogens is 2. The summed E-state index contributed by atoms with van der Waals surface area (Å²) < 4.78 is 0. The van der Waals surface area contributed by atoms with Gasteiger partial charge in [0.25, 0.3) is 23.3 Å². The summed E-state index contributed by atoms with van der Waals surface area (Å²) in [6.45, 7) is 0. The van der Waals surface area contributed by atoms with E-state index in [1.807, 2.05) is 0 Å². The lowest BCUT2D eigenvalue weighted by molar-refractivity contribution is -0.513. The van der Waals surface area contributed by atoms with Crippen molar-refractivity contribution in [3.63, 3.8) is 0 Å². The zero-order chi connectivity index (χ0) is 22.7. The molecule has 3 N–H and O–H groups in total. The maximum atomic E-state index is 12.5. The highest BCUT2D eigenvalue weighted by Gasteiger charge is 2.39. The number of ketones is 1.